The van der Waals surface area contributed by atoms with Crippen LogP contribution in [-0.4, -0.2) is 25.1 Å². The first kappa shape index (κ1) is 30.3. The lowest BCUT2D eigenvalue weighted by Gasteiger charge is -2.15. The van der Waals surface area contributed by atoms with Crippen molar-refractivity contribution in [1.29, 1.82) is 0 Å². The van der Waals surface area contributed by atoms with E-state index in [-0.39, 0.29) is 18.5 Å². The van der Waals surface area contributed by atoms with E-state index in [1.165, 1.54) is 6.08 Å². The molecule has 0 saturated heterocycles. The zero-order valence-electron chi connectivity index (χ0n) is 22.2. The lowest BCUT2D eigenvalue weighted by molar-refractivity contribution is -0.111. The first-order valence-electron chi connectivity index (χ1n) is 13.0. The molecule has 3 rings (SSSR count). The van der Waals surface area contributed by atoms with Gasteiger partial charge in [0.2, 0.25) is 5.91 Å². The van der Waals surface area contributed by atoms with Gasteiger partial charge in [0.15, 0.2) is 11.5 Å². The Morgan fingerprint density at radius 3 is 2.46 bits per heavy atom. The third kappa shape index (κ3) is 9.75. The number of esters is 1. The molecule has 8 heteroatoms. The number of hydrogen-bond donors (Lipinski definition) is 1. The van der Waals surface area contributed by atoms with Gasteiger partial charge in [-0.15, -0.1) is 0 Å². The van der Waals surface area contributed by atoms with E-state index < -0.39 is 0 Å². The van der Waals surface area contributed by atoms with Gasteiger partial charge in [-0.25, -0.2) is 4.79 Å². The van der Waals surface area contributed by atoms with Gasteiger partial charge < -0.3 is 19.5 Å². The van der Waals surface area contributed by atoms with Crippen molar-refractivity contribution < 1.29 is 23.8 Å². The second kappa shape index (κ2) is 16.0. The summed E-state index contributed by atoms with van der Waals surface area (Å²) in [6.45, 7) is 5.17. The van der Waals surface area contributed by atoms with Crippen LogP contribution < -0.4 is 14.8 Å². The molecule has 0 radical (unpaired) electrons. The second-order valence-corrected chi connectivity index (χ2v) is 10.0. The Morgan fingerprint density at radius 1 is 0.974 bits per heavy atom. The highest BCUT2D eigenvalue weighted by Crippen LogP contribution is 2.38. The average Bonchev–Trinajstić information content (AvgIpc) is 2.92. The van der Waals surface area contributed by atoms with Crippen molar-refractivity contribution in [3.63, 3.8) is 0 Å². The Hall–Kier alpha value is -3.29. The summed E-state index contributed by atoms with van der Waals surface area (Å²) in [5, 5.41) is 3.43. The molecule has 0 aromatic heterocycles. The van der Waals surface area contributed by atoms with E-state index in [1.54, 1.807) is 30.3 Å². The number of benzene rings is 3. The summed E-state index contributed by atoms with van der Waals surface area (Å²) in [5.41, 5.74) is 2.64. The molecule has 0 heterocycles. The van der Waals surface area contributed by atoms with Crippen LogP contribution in [0.25, 0.3) is 6.08 Å². The molecule has 0 saturated carbocycles. The van der Waals surface area contributed by atoms with E-state index in [1.807, 2.05) is 43.3 Å². The third-order valence-corrected chi connectivity index (χ3v) is 6.67. The summed E-state index contributed by atoms with van der Waals surface area (Å²) in [6, 6.07) is 17.8. The highest BCUT2D eigenvalue weighted by molar-refractivity contribution is 9.10. The van der Waals surface area contributed by atoms with Gasteiger partial charge in [-0.3, -0.25) is 4.79 Å². The number of anilines is 1. The van der Waals surface area contributed by atoms with Crippen LogP contribution in [0.15, 0.2) is 71.2 Å². The molecule has 0 atom stereocenters. The molecule has 0 bridgehead atoms. The largest absolute Gasteiger partial charge is 0.490 e. The highest BCUT2D eigenvalue weighted by Gasteiger charge is 2.13. The van der Waals surface area contributed by atoms with Crippen LogP contribution in [0.2, 0.25) is 5.02 Å². The first-order valence-corrected chi connectivity index (χ1v) is 14.2. The SMILES string of the molecule is CCCCCCOC(=O)c1ccc(NC(=O)/C=C/c2cc(Br)c(OCc3ccccc3Cl)c(OCC)c2)cc1. The highest BCUT2D eigenvalue weighted by atomic mass is 79.9. The first-order chi connectivity index (χ1) is 18.9. The number of carbonyl (C=O) groups is 2. The maximum atomic E-state index is 12.5. The molecule has 6 nitrogen and oxygen atoms in total. The Bertz CT molecular complexity index is 1280. The molecular formula is C31H33BrClNO5. The van der Waals surface area contributed by atoms with Crippen LogP contribution in [0.1, 0.15) is 61.0 Å². The van der Waals surface area contributed by atoms with Crippen LogP contribution in [0.3, 0.4) is 0 Å². The summed E-state index contributed by atoms with van der Waals surface area (Å²) < 4.78 is 17.8. The molecule has 0 unspecified atom stereocenters. The van der Waals surface area contributed by atoms with Gasteiger partial charge in [-0.05, 0) is 83.4 Å². The summed E-state index contributed by atoms with van der Waals surface area (Å²) >= 11 is 9.80. The van der Waals surface area contributed by atoms with Crippen LogP contribution in [0.5, 0.6) is 11.5 Å². The standard InChI is InChI=1S/C31H33BrClNO5/c1-3-5-6-9-18-38-31(36)23-13-15-25(16-14-23)34-29(35)17-12-22-19-26(32)30(28(20-22)37-4-2)39-21-24-10-7-8-11-27(24)33/h7-8,10-17,19-20H,3-6,9,18,21H2,1-2H3,(H,34,35)/b17-12+. The molecule has 1 N–H and O–H groups in total. The predicted octanol–water partition coefficient (Wildman–Crippen LogP) is 8.47. The molecular weight excluding hydrogens is 582 g/mol. The molecule has 0 fully saturated rings. The van der Waals surface area contributed by atoms with Crippen molar-refractivity contribution in [2.75, 3.05) is 18.5 Å². The van der Waals surface area contributed by atoms with E-state index in [4.69, 9.17) is 25.8 Å². The van der Waals surface area contributed by atoms with Crippen LogP contribution in [0.4, 0.5) is 5.69 Å². The average molecular weight is 615 g/mol. The minimum atomic E-state index is -0.362. The van der Waals surface area contributed by atoms with Gasteiger partial charge in [-0.1, -0.05) is 56.0 Å². The molecule has 0 spiro atoms. The van der Waals surface area contributed by atoms with Crippen molar-refractivity contribution in [1.82, 2.24) is 0 Å². The predicted molar refractivity (Wildman–Crippen MR) is 160 cm³/mol. The summed E-state index contributed by atoms with van der Waals surface area (Å²) in [4.78, 5) is 24.7. The van der Waals surface area contributed by atoms with Crippen LogP contribution in [-0.2, 0) is 16.1 Å². The minimum Gasteiger partial charge on any atom is -0.490 e. The fourth-order valence-corrected chi connectivity index (χ4v) is 4.44. The quantitative estimate of drug-likeness (QED) is 0.112. The number of halogens is 2. The number of unbranched alkanes of at least 4 members (excludes halogenated alkanes) is 3. The zero-order valence-corrected chi connectivity index (χ0v) is 24.5. The zero-order chi connectivity index (χ0) is 28.0. The van der Waals surface area contributed by atoms with Crippen LogP contribution >= 0.6 is 27.5 Å². The summed E-state index contributed by atoms with van der Waals surface area (Å²) in [5.74, 6) is 0.429. The van der Waals surface area contributed by atoms with Crippen molar-refractivity contribution in [2.45, 2.75) is 46.1 Å². The monoisotopic (exact) mass is 613 g/mol. The van der Waals surface area contributed by atoms with E-state index in [0.29, 0.717) is 45.5 Å². The van der Waals surface area contributed by atoms with Crippen molar-refractivity contribution in [3.05, 3.63) is 92.9 Å². The Kier molecular flexibility index (Phi) is 12.4. The topological polar surface area (TPSA) is 73.9 Å². The van der Waals surface area contributed by atoms with E-state index >= 15 is 0 Å². The van der Waals surface area contributed by atoms with Crippen molar-refractivity contribution in [2.24, 2.45) is 0 Å². The molecule has 0 aliphatic rings. The third-order valence-electron chi connectivity index (χ3n) is 5.71. The van der Waals surface area contributed by atoms with Gasteiger partial charge in [0.1, 0.15) is 6.61 Å². The Balaban J connectivity index is 1.59. The summed E-state index contributed by atoms with van der Waals surface area (Å²) in [6.07, 6.45) is 7.30. The molecule has 3 aromatic rings. The Labute approximate surface area is 243 Å². The molecule has 1 amide bonds. The normalized spacial score (nSPS) is 10.9. The van der Waals surface area contributed by atoms with Gasteiger partial charge in [0, 0.05) is 22.3 Å². The molecule has 0 aliphatic heterocycles. The van der Waals surface area contributed by atoms with Crippen molar-refractivity contribution in [3.8, 4) is 11.5 Å². The van der Waals surface area contributed by atoms with E-state index in [9.17, 15) is 9.59 Å². The van der Waals surface area contributed by atoms with Gasteiger partial charge in [0.25, 0.3) is 0 Å². The molecule has 206 valence electrons. The molecule has 0 aliphatic carbocycles. The Morgan fingerprint density at radius 2 is 1.74 bits per heavy atom. The molecule has 3 aromatic carbocycles. The smallest absolute Gasteiger partial charge is 0.338 e. The lowest BCUT2D eigenvalue weighted by atomic mass is 10.1. The minimum absolute atomic E-state index is 0.283. The number of amides is 1. The second-order valence-electron chi connectivity index (χ2n) is 8.74. The fourth-order valence-electron chi connectivity index (χ4n) is 3.68. The fraction of sp³-hybridized carbons (Fsp3) is 0.290. The lowest BCUT2D eigenvalue weighted by Crippen LogP contribution is -2.09. The van der Waals surface area contributed by atoms with Gasteiger partial charge in [0.05, 0.1) is 23.2 Å². The number of nitrogens with one attached hydrogen (secondary N) is 1. The number of rotatable bonds is 14. The maximum Gasteiger partial charge on any atom is 0.338 e. The number of carbonyl (C=O) groups excluding carboxylic acids is 2. The van der Waals surface area contributed by atoms with Gasteiger partial charge in [-0.2, -0.15) is 0 Å². The van der Waals surface area contributed by atoms with Crippen LogP contribution in [0, 0.1) is 0 Å². The van der Waals surface area contributed by atoms with E-state index in [0.717, 1.165) is 36.8 Å². The van der Waals surface area contributed by atoms with E-state index in [2.05, 4.69) is 28.2 Å². The van der Waals surface area contributed by atoms with Gasteiger partial charge >= 0.3 is 5.97 Å². The summed E-state index contributed by atoms with van der Waals surface area (Å²) in [7, 11) is 0. The maximum absolute atomic E-state index is 12.5. The van der Waals surface area contributed by atoms with Crippen molar-refractivity contribution >= 4 is 51.2 Å². The number of ether oxygens (including phenoxy) is 3. The molecule has 39 heavy (non-hydrogen) atoms. The number of hydrogen-bond acceptors (Lipinski definition) is 5.